The lowest BCUT2D eigenvalue weighted by molar-refractivity contribution is -0.127. The number of pyridine rings is 1. The Labute approximate surface area is 222 Å². The first kappa shape index (κ1) is 26.9. The number of carbonyl (C=O) groups excluding carboxylic acids is 3. The summed E-state index contributed by atoms with van der Waals surface area (Å²) in [6, 6.07) is 8.75. The van der Waals surface area contributed by atoms with Crippen molar-refractivity contribution in [1.82, 2.24) is 10.3 Å². The number of aromatic nitrogens is 1. The third kappa shape index (κ3) is 6.79. The molecule has 200 valence electrons. The number of hydrogen-bond acceptors (Lipinski definition) is 6. The lowest BCUT2D eigenvalue weighted by Gasteiger charge is -2.29. The Morgan fingerprint density at radius 2 is 1.87 bits per heavy atom. The highest BCUT2D eigenvalue weighted by atomic mass is 16.5. The Balaban J connectivity index is 1.61. The monoisotopic (exact) mass is 517 g/mol. The van der Waals surface area contributed by atoms with Gasteiger partial charge in [-0.3, -0.25) is 19.9 Å². The highest BCUT2D eigenvalue weighted by molar-refractivity contribution is 5.97. The van der Waals surface area contributed by atoms with Gasteiger partial charge in [0.15, 0.2) is 0 Å². The van der Waals surface area contributed by atoms with E-state index >= 15 is 0 Å². The predicted molar refractivity (Wildman–Crippen MR) is 147 cm³/mol. The van der Waals surface area contributed by atoms with Crippen LogP contribution in [0.25, 0.3) is 11.1 Å². The number of nitrogens with zero attached hydrogens (tertiary/aromatic N) is 1. The first-order valence-electron chi connectivity index (χ1n) is 13.0. The van der Waals surface area contributed by atoms with Gasteiger partial charge in [-0.05, 0) is 74.3 Å². The molecule has 0 saturated heterocycles. The molecule has 9 heteroatoms. The van der Waals surface area contributed by atoms with Gasteiger partial charge in [-0.15, -0.1) is 0 Å². The summed E-state index contributed by atoms with van der Waals surface area (Å²) in [7, 11) is 1.29. The van der Waals surface area contributed by atoms with Gasteiger partial charge in [-0.25, -0.2) is 4.79 Å². The summed E-state index contributed by atoms with van der Waals surface area (Å²) in [5.41, 5.74) is 9.98. The normalized spacial score (nSPS) is 22.2. The van der Waals surface area contributed by atoms with Crippen LogP contribution in [0.3, 0.4) is 0 Å². The van der Waals surface area contributed by atoms with E-state index in [1.54, 1.807) is 18.3 Å². The van der Waals surface area contributed by atoms with Crippen LogP contribution in [0.5, 0.6) is 0 Å². The molecule has 1 atom stereocenters. The Morgan fingerprint density at radius 3 is 2.61 bits per heavy atom. The first-order chi connectivity index (χ1) is 18.3. The van der Waals surface area contributed by atoms with E-state index in [0.29, 0.717) is 36.3 Å². The van der Waals surface area contributed by atoms with Crippen molar-refractivity contribution < 1.29 is 19.1 Å². The molecule has 1 aliphatic heterocycles. The fourth-order valence-corrected chi connectivity index (χ4v) is 5.00. The molecule has 1 fully saturated rings. The van der Waals surface area contributed by atoms with E-state index in [2.05, 4.69) is 32.3 Å². The first-order valence-corrected chi connectivity index (χ1v) is 13.0. The highest BCUT2D eigenvalue weighted by Crippen LogP contribution is 2.34. The minimum atomic E-state index is -0.600. The molecule has 4 rings (SSSR count). The molecule has 0 unspecified atom stereocenters. The summed E-state index contributed by atoms with van der Waals surface area (Å²) in [4.78, 5) is 42.2. The fourth-order valence-electron chi connectivity index (χ4n) is 5.00. The van der Waals surface area contributed by atoms with Crippen LogP contribution in [-0.4, -0.2) is 30.0 Å². The van der Waals surface area contributed by atoms with Crippen LogP contribution in [0.4, 0.5) is 16.2 Å². The molecule has 38 heavy (non-hydrogen) atoms. The number of methoxy groups -OCH3 is 1. The van der Waals surface area contributed by atoms with Crippen LogP contribution in [0.2, 0.25) is 0 Å². The van der Waals surface area contributed by atoms with E-state index < -0.39 is 6.09 Å². The molecule has 3 amide bonds. The maximum Gasteiger partial charge on any atom is 0.411 e. The van der Waals surface area contributed by atoms with Crippen molar-refractivity contribution in [3.63, 3.8) is 0 Å². The second-order valence-corrected chi connectivity index (χ2v) is 9.82. The Bertz CT molecular complexity index is 1230. The Morgan fingerprint density at radius 1 is 1.11 bits per heavy atom. The molecule has 2 bridgehead atoms. The van der Waals surface area contributed by atoms with Crippen molar-refractivity contribution in [1.29, 1.82) is 0 Å². The van der Waals surface area contributed by atoms with Gasteiger partial charge in [0.05, 0.1) is 24.5 Å². The minimum absolute atomic E-state index is 0.0248. The number of nitrogens with one attached hydrogen (secondary N) is 3. The number of nitrogens with two attached hydrogens (primary N) is 1. The molecule has 0 radical (unpaired) electrons. The third-order valence-electron chi connectivity index (χ3n) is 7.19. The number of benzene rings is 1. The van der Waals surface area contributed by atoms with E-state index in [1.165, 1.54) is 7.11 Å². The number of rotatable bonds is 4. The number of anilines is 2. The van der Waals surface area contributed by atoms with Crippen LogP contribution in [0.1, 0.15) is 56.7 Å². The van der Waals surface area contributed by atoms with Crippen molar-refractivity contribution >= 4 is 29.3 Å². The molecule has 5 N–H and O–H groups in total. The number of hydrogen-bond donors (Lipinski definition) is 4. The van der Waals surface area contributed by atoms with Crippen LogP contribution in [0, 0.1) is 11.8 Å². The maximum absolute atomic E-state index is 13.2. The van der Waals surface area contributed by atoms with E-state index in [0.717, 1.165) is 42.5 Å². The Hall–Kier alpha value is -4.14. The van der Waals surface area contributed by atoms with Gasteiger partial charge in [0.2, 0.25) is 11.8 Å². The number of fused-ring (bicyclic) bond motifs is 4. The van der Waals surface area contributed by atoms with Gasteiger partial charge < -0.3 is 21.1 Å². The molecule has 2 heterocycles. The summed E-state index contributed by atoms with van der Waals surface area (Å²) in [6.07, 6.45) is 9.78. The third-order valence-corrected chi connectivity index (χ3v) is 7.19. The van der Waals surface area contributed by atoms with Gasteiger partial charge in [0, 0.05) is 35.5 Å². The van der Waals surface area contributed by atoms with Crippen LogP contribution >= 0.6 is 0 Å². The van der Waals surface area contributed by atoms with Crippen molar-refractivity contribution in [3.05, 3.63) is 66.7 Å². The number of allylic oxidation sites excluding steroid dienone is 2. The summed E-state index contributed by atoms with van der Waals surface area (Å²) in [5.74, 6) is 0.105. The zero-order valence-corrected chi connectivity index (χ0v) is 21.7. The van der Waals surface area contributed by atoms with Crippen LogP contribution in [-0.2, 0) is 14.3 Å². The summed E-state index contributed by atoms with van der Waals surface area (Å²) in [5, 5.41) is 8.83. The van der Waals surface area contributed by atoms with Crippen LogP contribution in [0.15, 0.2) is 61.0 Å². The standard InChI is InChI=1S/C29H35N5O4/c1-18(30)19-8-10-20(11-9-19)28(36)34-24-6-4-3-5-7-27(35)33-25-17-22(32-29(37)38-2)12-13-23(25)21-14-15-31-26(24)16-21/h3-4,12-17,19-20,24H,1,5-11,30H2,2H3,(H,32,37)(H,33,35)(H,34,36)/b4-3+/t19?,20?,24-/m0/s1. The van der Waals surface area contributed by atoms with Crippen LogP contribution < -0.4 is 21.7 Å². The van der Waals surface area contributed by atoms with Gasteiger partial charge in [0.25, 0.3) is 0 Å². The van der Waals surface area contributed by atoms with Gasteiger partial charge in [-0.1, -0.05) is 24.8 Å². The van der Waals surface area contributed by atoms with E-state index in [-0.39, 0.29) is 29.7 Å². The minimum Gasteiger partial charge on any atom is -0.453 e. The molecule has 9 nitrogen and oxygen atoms in total. The quantitative estimate of drug-likeness (QED) is 0.420. The van der Waals surface area contributed by atoms with Gasteiger partial charge in [-0.2, -0.15) is 0 Å². The highest BCUT2D eigenvalue weighted by Gasteiger charge is 2.28. The second kappa shape index (κ2) is 12.4. The van der Waals surface area contributed by atoms with Gasteiger partial charge in [0.1, 0.15) is 0 Å². The Kier molecular flexibility index (Phi) is 8.78. The molecule has 1 aliphatic carbocycles. The molecule has 1 aromatic carbocycles. The van der Waals surface area contributed by atoms with Crippen molar-refractivity contribution in [2.45, 2.75) is 51.0 Å². The zero-order valence-electron chi connectivity index (χ0n) is 21.7. The average Bonchev–Trinajstić information content (AvgIpc) is 2.92. The smallest absolute Gasteiger partial charge is 0.411 e. The molecule has 2 aromatic rings. The molecule has 1 aromatic heterocycles. The zero-order chi connectivity index (χ0) is 27.1. The molecule has 0 spiro atoms. The number of ether oxygens (including phenoxy) is 1. The molecular formula is C29H35N5O4. The molecular weight excluding hydrogens is 482 g/mol. The average molecular weight is 518 g/mol. The summed E-state index contributed by atoms with van der Waals surface area (Å²) in [6.45, 7) is 3.87. The summed E-state index contributed by atoms with van der Waals surface area (Å²) >= 11 is 0. The maximum atomic E-state index is 13.2. The lowest BCUT2D eigenvalue weighted by atomic mass is 9.80. The summed E-state index contributed by atoms with van der Waals surface area (Å²) < 4.78 is 4.69. The largest absolute Gasteiger partial charge is 0.453 e. The number of carbonyl (C=O) groups is 3. The second-order valence-electron chi connectivity index (χ2n) is 9.82. The molecule has 2 aliphatic rings. The molecule has 1 saturated carbocycles. The van der Waals surface area contributed by atoms with Crippen molar-refractivity contribution in [2.75, 3.05) is 17.7 Å². The van der Waals surface area contributed by atoms with Crippen molar-refractivity contribution in [3.8, 4) is 11.1 Å². The lowest BCUT2D eigenvalue weighted by Crippen LogP contribution is -2.36. The topological polar surface area (TPSA) is 135 Å². The number of amides is 3. The van der Waals surface area contributed by atoms with E-state index in [4.69, 9.17) is 5.73 Å². The van der Waals surface area contributed by atoms with E-state index in [9.17, 15) is 14.4 Å². The predicted octanol–water partition coefficient (Wildman–Crippen LogP) is 5.04. The SMILES string of the molecule is C=C(N)C1CCC(C(=O)N[C@H]2C/C=C/CCC(=O)Nc3cc(NC(=O)OC)ccc3-c3ccnc2c3)CC1. The van der Waals surface area contributed by atoms with Gasteiger partial charge >= 0.3 is 6.09 Å². The van der Waals surface area contributed by atoms with Crippen molar-refractivity contribution in [2.24, 2.45) is 17.6 Å². The fraction of sp³-hybridized carbons (Fsp3) is 0.379. The van der Waals surface area contributed by atoms with E-state index in [1.807, 2.05) is 30.4 Å².